The molecule has 4 saturated carbocycles. The van der Waals surface area contributed by atoms with Crippen molar-refractivity contribution in [2.45, 2.75) is 198 Å². The molecule has 372 valence electrons. The van der Waals surface area contributed by atoms with E-state index in [1.165, 1.54) is 5.57 Å². The summed E-state index contributed by atoms with van der Waals surface area (Å²) < 4.78 is 35.2. The number of rotatable bonds is 9. The molecule has 11 N–H and O–H groups in total. The van der Waals surface area contributed by atoms with Crippen LogP contribution in [0, 0.1) is 50.2 Å². The topological polar surface area (TPSA) is 295 Å². The largest absolute Gasteiger partial charge is 0.432 e. The fourth-order valence-corrected chi connectivity index (χ4v) is 14.7. The van der Waals surface area contributed by atoms with Gasteiger partial charge in [0.15, 0.2) is 12.6 Å². The highest BCUT2D eigenvalue weighted by Gasteiger charge is 2.70. The molecule has 8 aliphatic rings. The number of hydrogen-bond acceptors (Lipinski definition) is 18. The van der Waals surface area contributed by atoms with Crippen LogP contribution in [-0.2, 0) is 33.2 Å². The third kappa shape index (κ3) is 7.89. The molecular formula is C47H76O18. The fourth-order valence-electron chi connectivity index (χ4n) is 14.7. The van der Waals surface area contributed by atoms with Crippen molar-refractivity contribution in [2.75, 3.05) is 26.4 Å². The molecule has 18 heteroatoms. The van der Waals surface area contributed by atoms with Gasteiger partial charge in [0.1, 0.15) is 67.1 Å². The van der Waals surface area contributed by atoms with Crippen molar-refractivity contribution in [1.29, 1.82) is 0 Å². The Hall–Kier alpha value is -1.43. The maximum absolute atomic E-state index is 14.9. The maximum Gasteiger partial charge on any atom is 0.315 e. The summed E-state index contributed by atoms with van der Waals surface area (Å²) in [5, 5.41) is 116. The van der Waals surface area contributed by atoms with Crippen molar-refractivity contribution < 1.29 is 89.4 Å². The van der Waals surface area contributed by atoms with Crippen LogP contribution in [0.5, 0.6) is 0 Å². The van der Waals surface area contributed by atoms with E-state index in [0.29, 0.717) is 25.7 Å². The molecule has 23 atom stereocenters. The average Bonchev–Trinajstić information content (AvgIpc) is 3.26. The summed E-state index contributed by atoms with van der Waals surface area (Å²) >= 11 is 0. The third-order valence-corrected chi connectivity index (χ3v) is 19.0. The van der Waals surface area contributed by atoms with Crippen LogP contribution in [0.2, 0.25) is 0 Å². The molecule has 0 amide bonds. The van der Waals surface area contributed by atoms with Crippen molar-refractivity contribution in [3.63, 3.8) is 0 Å². The lowest BCUT2D eigenvalue weighted by Crippen LogP contribution is -2.67. The summed E-state index contributed by atoms with van der Waals surface area (Å²) in [6, 6.07) is 0. The predicted octanol–water partition coefficient (Wildman–Crippen LogP) is -0.248. The Bertz CT molecular complexity index is 1760. The van der Waals surface area contributed by atoms with Gasteiger partial charge in [0.2, 0.25) is 6.29 Å². The Kier molecular flexibility index (Phi) is 13.7. The summed E-state index contributed by atoms with van der Waals surface area (Å²) in [4.78, 5) is 14.9. The Labute approximate surface area is 380 Å². The van der Waals surface area contributed by atoms with Gasteiger partial charge >= 0.3 is 5.97 Å². The van der Waals surface area contributed by atoms with E-state index in [9.17, 15) is 61.0 Å². The first-order chi connectivity index (χ1) is 30.4. The van der Waals surface area contributed by atoms with Crippen molar-refractivity contribution >= 4 is 5.97 Å². The number of esters is 1. The van der Waals surface area contributed by atoms with Gasteiger partial charge in [0, 0.05) is 5.41 Å². The lowest BCUT2D eigenvalue weighted by atomic mass is 9.33. The van der Waals surface area contributed by atoms with Gasteiger partial charge < -0.3 is 84.6 Å². The second kappa shape index (κ2) is 17.8. The third-order valence-electron chi connectivity index (χ3n) is 19.0. The van der Waals surface area contributed by atoms with Gasteiger partial charge in [-0.05, 0) is 104 Å². The van der Waals surface area contributed by atoms with E-state index in [2.05, 4.69) is 47.6 Å². The minimum Gasteiger partial charge on any atom is -0.432 e. The van der Waals surface area contributed by atoms with E-state index < -0.39 is 122 Å². The second-order valence-electron chi connectivity index (χ2n) is 22.9. The van der Waals surface area contributed by atoms with E-state index in [1.807, 2.05) is 0 Å². The molecule has 3 aliphatic heterocycles. The van der Waals surface area contributed by atoms with Crippen LogP contribution in [0.4, 0.5) is 0 Å². The first-order valence-corrected chi connectivity index (χ1v) is 23.9. The van der Waals surface area contributed by atoms with Gasteiger partial charge in [-0.2, -0.15) is 0 Å². The van der Waals surface area contributed by atoms with Crippen LogP contribution in [0.15, 0.2) is 11.6 Å². The minimum atomic E-state index is -1.81. The smallest absolute Gasteiger partial charge is 0.315 e. The maximum atomic E-state index is 14.9. The first kappa shape index (κ1) is 50.0. The lowest BCUT2D eigenvalue weighted by molar-refractivity contribution is -0.328. The Morgan fingerprint density at radius 1 is 0.692 bits per heavy atom. The van der Waals surface area contributed by atoms with Gasteiger partial charge in [0.05, 0.1) is 37.9 Å². The Balaban J connectivity index is 1.02. The molecule has 0 aromatic carbocycles. The number of hydrogen-bond donors (Lipinski definition) is 11. The predicted molar refractivity (Wildman–Crippen MR) is 226 cm³/mol. The van der Waals surface area contributed by atoms with Gasteiger partial charge in [0.25, 0.3) is 0 Å². The molecule has 0 bridgehead atoms. The van der Waals surface area contributed by atoms with E-state index in [-0.39, 0.29) is 52.6 Å². The standard InChI is InChI=1S/C47H76O18/c1-42(2)13-15-47(41(59)65-40-37(58)34(55)32(53)26(63-40)20-61-38-36(57)33(54)31(52)25(18-48)62-38)16-14-45(5)22(23(47)17-42)7-8-28-43(3)11-10-29(64-39-35(56)30(51)24(50)19-60-39)44(4,21-49)27(43)9-12-46(28,45)6/h7,23-40,48-58H,8-21H2,1-6H3/t23-,24-,25+,26+,27?,28+,29-,30-,31+,32+,33-,34-,35+,36+,37+,38+,39-,40-,43-,44-,45+,46+,47-/m0/s1. The van der Waals surface area contributed by atoms with E-state index >= 15 is 0 Å². The van der Waals surface area contributed by atoms with Crippen molar-refractivity contribution in [3.8, 4) is 0 Å². The summed E-state index contributed by atoms with van der Waals surface area (Å²) in [6.07, 6.45) is -12.5. The molecule has 5 aliphatic carbocycles. The highest BCUT2D eigenvalue weighted by atomic mass is 16.7. The number of allylic oxidation sites excluding steroid dienone is 2. The molecule has 0 aromatic heterocycles. The zero-order valence-electron chi connectivity index (χ0n) is 38.6. The summed E-state index contributed by atoms with van der Waals surface area (Å²) in [5.74, 6) is -0.485. The van der Waals surface area contributed by atoms with E-state index in [4.69, 9.17) is 28.4 Å². The molecule has 0 aromatic rings. The highest BCUT2D eigenvalue weighted by Crippen LogP contribution is 2.76. The van der Waals surface area contributed by atoms with Crippen molar-refractivity contribution in [3.05, 3.63) is 11.6 Å². The van der Waals surface area contributed by atoms with Crippen LogP contribution in [0.25, 0.3) is 0 Å². The Morgan fingerprint density at radius 2 is 1.32 bits per heavy atom. The second-order valence-corrected chi connectivity index (χ2v) is 22.9. The minimum absolute atomic E-state index is 0.0557. The van der Waals surface area contributed by atoms with Crippen LogP contribution in [-0.4, -0.2) is 181 Å². The number of aliphatic hydroxyl groups is 11. The molecular weight excluding hydrogens is 852 g/mol. The number of carbonyl (C=O) groups excluding carboxylic acids is 1. The average molecular weight is 929 g/mol. The quantitative estimate of drug-likeness (QED) is 0.0808. The SMILES string of the molecule is CC1(C)CC[C@]2(C(=O)O[C@@H]3O[C@H](CO[C@@H]4O[C@H](CO)[C@@H](O)[C@H](O)[C@H]4O)[C@@H](O)[C@H](O)[C@H]3O)CC[C@]3(C)C(=CC[C@@H]4[C@@]5(C)CC[C@H](O[C@@H]6OC[C@H](O)[C@H](O)[C@H]6O)[C@@](C)(CO)C5CC[C@]43C)[C@@H]2C1. The van der Waals surface area contributed by atoms with E-state index in [0.717, 1.165) is 38.5 Å². The van der Waals surface area contributed by atoms with Gasteiger partial charge in [-0.3, -0.25) is 4.79 Å². The molecule has 3 heterocycles. The molecule has 1 unspecified atom stereocenters. The normalized spacial score (nSPS) is 54.3. The molecule has 65 heavy (non-hydrogen) atoms. The number of ether oxygens (including phenoxy) is 6. The van der Waals surface area contributed by atoms with Crippen molar-refractivity contribution in [2.24, 2.45) is 50.2 Å². The van der Waals surface area contributed by atoms with Crippen LogP contribution >= 0.6 is 0 Å². The number of fused-ring (bicyclic) bond motifs is 7. The van der Waals surface area contributed by atoms with Gasteiger partial charge in [-0.15, -0.1) is 0 Å². The molecule has 8 rings (SSSR count). The van der Waals surface area contributed by atoms with Crippen LogP contribution in [0.3, 0.4) is 0 Å². The Morgan fingerprint density at radius 3 is 2.00 bits per heavy atom. The fraction of sp³-hybridized carbons (Fsp3) is 0.936. The lowest BCUT2D eigenvalue weighted by Gasteiger charge is -2.71. The molecule has 0 radical (unpaired) electrons. The zero-order valence-corrected chi connectivity index (χ0v) is 38.6. The van der Waals surface area contributed by atoms with Gasteiger partial charge in [-0.1, -0.05) is 53.2 Å². The summed E-state index contributed by atoms with van der Waals surface area (Å²) in [5.41, 5.74) is -1.23. The zero-order chi connectivity index (χ0) is 47.4. The van der Waals surface area contributed by atoms with Crippen LogP contribution < -0.4 is 0 Å². The molecule has 18 nitrogen and oxygen atoms in total. The van der Waals surface area contributed by atoms with Gasteiger partial charge in [-0.25, -0.2) is 0 Å². The van der Waals surface area contributed by atoms with E-state index in [1.54, 1.807) is 0 Å². The van der Waals surface area contributed by atoms with Crippen molar-refractivity contribution in [1.82, 2.24) is 0 Å². The highest BCUT2D eigenvalue weighted by molar-refractivity contribution is 5.79. The number of carbonyl (C=O) groups is 1. The summed E-state index contributed by atoms with van der Waals surface area (Å²) in [6.45, 7) is 12.1. The molecule has 0 spiro atoms. The monoisotopic (exact) mass is 929 g/mol. The van der Waals surface area contributed by atoms with Crippen LogP contribution in [0.1, 0.15) is 106 Å². The first-order valence-electron chi connectivity index (χ1n) is 23.9. The molecule has 3 saturated heterocycles. The number of aliphatic hydroxyl groups excluding tert-OH is 11. The summed E-state index contributed by atoms with van der Waals surface area (Å²) in [7, 11) is 0. The molecule has 7 fully saturated rings.